The van der Waals surface area contributed by atoms with Gasteiger partial charge in [0.25, 0.3) is 0 Å². The van der Waals surface area contributed by atoms with Crippen molar-refractivity contribution in [3.8, 4) is 0 Å². The van der Waals surface area contributed by atoms with E-state index in [4.69, 9.17) is 0 Å². The summed E-state index contributed by atoms with van der Waals surface area (Å²) in [6, 6.07) is 0. The van der Waals surface area contributed by atoms with Crippen LogP contribution in [0.15, 0.2) is 5.16 Å². The van der Waals surface area contributed by atoms with Crippen LogP contribution in [0, 0.1) is 19.8 Å². The van der Waals surface area contributed by atoms with Gasteiger partial charge in [-0.3, -0.25) is 0 Å². The molecule has 0 saturated heterocycles. The molecule has 0 amide bonds. The Morgan fingerprint density at radius 2 is 1.94 bits per heavy atom. The molecular formula is C14H26N2OS. The Balaban J connectivity index is 2.73. The summed E-state index contributed by atoms with van der Waals surface area (Å²) >= 11 is 1.74. The van der Waals surface area contributed by atoms with Crippen LogP contribution < -0.4 is 0 Å². The van der Waals surface area contributed by atoms with Crippen LogP contribution in [0.1, 0.15) is 45.5 Å². The standard InChI is InChI=1S/C14H26N2OS/c1-10(2)9-16-12(4)11(3)15-13(16)18-8-7-14(5,6)17/h10,17H,7-9H2,1-6H3. The Hall–Kier alpha value is -0.480. The van der Waals surface area contributed by atoms with Crippen LogP contribution in [0.25, 0.3) is 0 Å². The summed E-state index contributed by atoms with van der Waals surface area (Å²) in [5, 5.41) is 10.8. The molecule has 1 rings (SSSR count). The van der Waals surface area contributed by atoms with Gasteiger partial charge >= 0.3 is 0 Å². The van der Waals surface area contributed by atoms with Crippen molar-refractivity contribution in [2.24, 2.45) is 5.92 Å². The minimum Gasteiger partial charge on any atom is -0.390 e. The van der Waals surface area contributed by atoms with E-state index >= 15 is 0 Å². The zero-order valence-electron chi connectivity index (χ0n) is 12.4. The summed E-state index contributed by atoms with van der Waals surface area (Å²) in [4.78, 5) is 4.63. The van der Waals surface area contributed by atoms with Gasteiger partial charge in [-0.05, 0) is 40.0 Å². The van der Waals surface area contributed by atoms with Gasteiger partial charge in [0.2, 0.25) is 0 Å². The third-order valence-electron chi connectivity index (χ3n) is 2.92. The van der Waals surface area contributed by atoms with Crippen LogP contribution in [-0.2, 0) is 6.54 Å². The molecular weight excluding hydrogens is 244 g/mol. The molecule has 0 aromatic carbocycles. The van der Waals surface area contributed by atoms with Crippen molar-refractivity contribution in [2.75, 3.05) is 5.75 Å². The number of rotatable bonds is 6. The van der Waals surface area contributed by atoms with Gasteiger partial charge in [0.05, 0.1) is 11.3 Å². The minimum atomic E-state index is -0.591. The number of aromatic nitrogens is 2. The van der Waals surface area contributed by atoms with E-state index in [2.05, 4.69) is 37.2 Å². The smallest absolute Gasteiger partial charge is 0.168 e. The van der Waals surface area contributed by atoms with Crippen molar-refractivity contribution in [1.29, 1.82) is 0 Å². The molecule has 0 aliphatic carbocycles. The van der Waals surface area contributed by atoms with Crippen molar-refractivity contribution in [3.63, 3.8) is 0 Å². The summed E-state index contributed by atoms with van der Waals surface area (Å²) in [6.07, 6.45) is 0.782. The molecule has 0 aliphatic rings. The fraction of sp³-hybridized carbons (Fsp3) is 0.786. The molecule has 0 radical (unpaired) electrons. The maximum absolute atomic E-state index is 9.73. The lowest BCUT2D eigenvalue weighted by atomic mass is 10.1. The predicted molar refractivity (Wildman–Crippen MR) is 78.2 cm³/mol. The van der Waals surface area contributed by atoms with Gasteiger partial charge in [0, 0.05) is 18.0 Å². The molecule has 1 aromatic heterocycles. The summed E-state index contributed by atoms with van der Waals surface area (Å²) in [7, 11) is 0. The Labute approximate surface area is 115 Å². The molecule has 1 heterocycles. The van der Waals surface area contributed by atoms with E-state index in [9.17, 15) is 5.11 Å². The number of hydrogen-bond donors (Lipinski definition) is 1. The molecule has 3 nitrogen and oxygen atoms in total. The van der Waals surface area contributed by atoms with Gasteiger partial charge in [0.15, 0.2) is 5.16 Å². The summed E-state index contributed by atoms with van der Waals surface area (Å²) in [5.41, 5.74) is 1.78. The van der Waals surface area contributed by atoms with Crippen molar-refractivity contribution in [2.45, 2.75) is 65.3 Å². The average Bonchev–Trinajstić information content (AvgIpc) is 2.44. The average molecular weight is 270 g/mol. The molecule has 1 N–H and O–H groups in total. The van der Waals surface area contributed by atoms with Crippen LogP contribution in [0.3, 0.4) is 0 Å². The molecule has 4 heteroatoms. The first-order chi connectivity index (χ1) is 8.20. The van der Waals surface area contributed by atoms with Gasteiger partial charge < -0.3 is 9.67 Å². The SMILES string of the molecule is Cc1nc(SCCC(C)(C)O)n(CC(C)C)c1C. The Morgan fingerprint density at radius 1 is 1.33 bits per heavy atom. The number of hydrogen-bond acceptors (Lipinski definition) is 3. The number of aliphatic hydroxyl groups is 1. The zero-order chi connectivity index (χ0) is 13.9. The highest BCUT2D eigenvalue weighted by atomic mass is 32.2. The zero-order valence-corrected chi connectivity index (χ0v) is 13.3. The highest BCUT2D eigenvalue weighted by Crippen LogP contribution is 2.24. The molecule has 18 heavy (non-hydrogen) atoms. The topological polar surface area (TPSA) is 38.1 Å². The van der Waals surface area contributed by atoms with Gasteiger partial charge in [0.1, 0.15) is 0 Å². The molecule has 0 bridgehead atoms. The first kappa shape index (κ1) is 15.6. The molecule has 0 atom stereocenters. The molecule has 0 spiro atoms. The Kier molecular flexibility index (Phi) is 5.29. The number of nitrogens with zero attached hydrogens (tertiary/aromatic N) is 2. The number of imidazole rings is 1. The van der Waals surface area contributed by atoms with E-state index < -0.39 is 5.60 Å². The van der Waals surface area contributed by atoms with Gasteiger partial charge in [-0.2, -0.15) is 0 Å². The molecule has 0 aliphatic heterocycles. The van der Waals surface area contributed by atoms with E-state index in [0.29, 0.717) is 5.92 Å². The van der Waals surface area contributed by atoms with Crippen LogP contribution in [0.2, 0.25) is 0 Å². The van der Waals surface area contributed by atoms with Crippen molar-refractivity contribution >= 4 is 11.8 Å². The lowest BCUT2D eigenvalue weighted by Gasteiger charge is -2.17. The molecule has 104 valence electrons. The van der Waals surface area contributed by atoms with Crippen LogP contribution >= 0.6 is 11.8 Å². The quantitative estimate of drug-likeness (QED) is 0.805. The lowest BCUT2D eigenvalue weighted by Crippen LogP contribution is -2.19. The Morgan fingerprint density at radius 3 is 2.44 bits per heavy atom. The first-order valence-electron chi connectivity index (χ1n) is 6.59. The number of aryl methyl sites for hydroxylation is 1. The highest BCUT2D eigenvalue weighted by Gasteiger charge is 2.15. The van der Waals surface area contributed by atoms with Crippen molar-refractivity contribution in [3.05, 3.63) is 11.4 Å². The van der Waals surface area contributed by atoms with Gasteiger partial charge in [-0.25, -0.2) is 4.98 Å². The van der Waals surface area contributed by atoms with E-state index in [0.717, 1.165) is 29.6 Å². The van der Waals surface area contributed by atoms with E-state index in [1.165, 1.54) is 5.69 Å². The largest absolute Gasteiger partial charge is 0.390 e. The van der Waals surface area contributed by atoms with Crippen molar-refractivity contribution in [1.82, 2.24) is 9.55 Å². The van der Waals surface area contributed by atoms with Crippen molar-refractivity contribution < 1.29 is 5.11 Å². The predicted octanol–water partition coefficient (Wildman–Crippen LogP) is 3.41. The summed E-state index contributed by atoms with van der Waals surface area (Å²) in [5.74, 6) is 1.52. The maximum atomic E-state index is 9.73. The number of thioether (sulfide) groups is 1. The van der Waals surface area contributed by atoms with Crippen LogP contribution in [-0.4, -0.2) is 26.0 Å². The molecule has 0 unspecified atom stereocenters. The monoisotopic (exact) mass is 270 g/mol. The minimum absolute atomic E-state index is 0.591. The van der Waals surface area contributed by atoms with E-state index in [1.54, 1.807) is 11.8 Å². The van der Waals surface area contributed by atoms with E-state index in [1.807, 2.05) is 13.8 Å². The molecule has 1 aromatic rings. The van der Waals surface area contributed by atoms with Gasteiger partial charge in [-0.15, -0.1) is 0 Å². The van der Waals surface area contributed by atoms with Gasteiger partial charge in [-0.1, -0.05) is 25.6 Å². The third-order valence-corrected chi connectivity index (χ3v) is 3.89. The summed E-state index contributed by atoms with van der Waals surface area (Å²) < 4.78 is 2.30. The normalized spacial score (nSPS) is 12.4. The molecule has 0 fully saturated rings. The Bertz CT molecular complexity index is 391. The lowest BCUT2D eigenvalue weighted by molar-refractivity contribution is 0.0777. The highest BCUT2D eigenvalue weighted by molar-refractivity contribution is 7.99. The fourth-order valence-electron chi connectivity index (χ4n) is 1.71. The first-order valence-corrected chi connectivity index (χ1v) is 7.58. The summed E-state index contributed by atoms with van der Waals surface area (Å²) in [6.45, 7) is 13.4. The molecule has 0 saturated carbocycles. The second-order valence-corrected chi connectivity index (χ2v) is 7.04. The second kappa shape index (κ2) is 6.11. The maximum Gasteiger partial charge on any atom is 0.168 e. The van der Waals surface area contributed by atoms with Crippen LogP contribution in [0.4, 0.5) is 0 Å². The fourth-order valence-corrected chi connectivity index (χ4v) is 3.06. The third kappa shape index (κ3) is 4.65. The van der Waals surface area contributed by atoms with E-state index in [-0.39, 0.29) is 0 Å². The van der Waals surface area contributed by atoms with Crippen LogP contribution in [0.5, 0.6) is 0 Å². The second-order valence-electron chi connectivity index (χ2n) is 5.98.